The van der Waals surface area contributed by atoms with Crippen LogP contribution in [0, 0.1) is 5.92 Å². The molecule has 1 aliphatic rings. The summed E-state index contributed by atoms with van der Waals surface area (Å²) in [5, 5.41) is 1.99. The van der Waals surface area contributed by atoms with E-state index in [0.29, 0.717) is 10.4 Å². The molecule has 0 unspecified atom stereocenters. The number of likely N-dealkylation sites (tertiary alicyclic amines) is 1. The number of aromatic amines is 1. The quantitative estimate of drug-likeness (QED) is 0.573. The number of rotatable bonds is 5. The van der Waals surface area contributed by atoms with Gasteiger partial charge in [0, 0.05) is 32.9 Å². The SMILES string of the molecule is CN1CCC(CN(C)Sc2ccc(-c3cc4c(Cl)cccc4c(=O)[nH]3)cc2)CC1. The van der Waals surface area contributed by atoms with E-state index in [-0.39, 0.29) is 5.56 Å². The molecule has 1 N–H and O–H groups in total. The summed E-state index contributed by atoms with van der Waals surface area (Å²) in [4.78, 5) is 19.0. The second kappa shape index (κ2) is 8.92. The first-order chi connectivity index (χ1) is 14.0. The van der Waals surface area contributed by atoms with Crippen molar-refractivity contribution in [2.24, 2.45) is 5.92 Å². The highest BCUT2D eigenvalue weighted by molar-refractivity contribution is 7.97. The summed E-state index contributed by atoms with van der Waals surface area (Å²) in [6, 6.07) is 15.7. The van der Waals surface area contributed by atoms with Gasteiger partial charge in [-0.2, -0.15) is 0 Å². The number of hydrogen-bond acceptors (Lipinski definition) is 4. The van der Waals surface area contributed by atoms with E-state index in [9.17, 15) is 4.79 Å². The number of hydrogen-bond donors (Lipinski definition) is 1. The van der Waals surface area contributed by atoms with Crippen LogP contribution in [-0.2, 0) is 0 Å². The van der Waals surface area contributed by atoms with Crippen LogP contribution in [0.25, 0.3) is 22.0 Å². The lowest BCUT2D eigenvalue weighted by Crippen LogP contribution is -2.34. The van der Waals surface area contributed by atoms with Crippen molar-refractivity contribution in [1.82, 2.24) is 14.2 Å². The third-order valence-corrected chi connectivity index (χ3v) is 6.89. The molecule has 152 valence electrons. The number of benzene rings is 2. The monoisotopic (exact) mass is 427 g/mol. The van der Waals surface area contributed by atoms with Crippen LogP contribution < -0.4 is 5.56 Å². The van der Waals surface area contributed by atoms with Crippen molar-refractivity contribution in [1.29, 1.82) is 0 Å². The van der Waals surface area contributed by atoms with Crippen LogP contribution in [0.2, 0.25) is 5.02 Å². The minimum Gasteiger partial charge on any atom is -0.321 e. The van der Waals surface area contributed by atoms with Gasteiger partial charge in [0.1, 0.15) is 0 Å². The summed E-state index contributed by atoms with van der Waals surface area (Å²) in [6.45, 7) is 3.51. The van der Waals surface area contributed by atoms with Crippen LogP contribution in [0.1, 0.15) is 12.8 Å². The lowest BCUT2D eigenvalue weighted by molar-refractivity contribution is 0.205. The Labute approximate surface area is 181 Å². The molecule has 0 radical (unpaired) electrons. The van der Waals surface area contributed by atoms with Gasteiger partial charge in [0.15, 0.2) is 0 Å². The van der Waals surface area contributed by atoms with Gasteiger partial charge in [-0.15, -0.1) is 0 Å². The largest absolute Gasteiger partial charge is 0.321 e. The number of piperidine rings is 1. The van der Waals surface area contributed by atoms with Crippen molar-refractivity contribution in [2.45, 2.75) is 17.7 Å². The van der Waals surface area contributed by atoms with Gasteiger partial charge in [0.2, 0.25) is 0 Å². The number of halogens is 1. The molecule has 1 fully saturated rings. The molecule has 2 aromatic carbocycles. The van der Waals surface area contributed by atoms with Crippen molar-refractivity contribution < 1.29 is 0 Å². The number of fused-ring (bicyclic) bond motifs is 1. The zero-order valence-corrected chi connectivity index (χ0v) is 18.4. The van der Waals surface area contributed by atoms with Gasteiger partial charge >= 0.3 is 0 Å². The van der Waals surface area contributed by atoms with Crippen molar-refractivity contribution in [2.75, 3.05) is 33.7 Å². The lowest BCUT2D eigenvalue weighted by atomic mass is 9.97. The van der Waals surface area contributed by atoms with Gasteiger partial charge in [0.25, 0.3) is 5.56 Å². The van der Waals surface area contributed by atoms with Gasteiger partial charge in [-0.3, -0.25) is 4.79 Å². The average molecular weight is 428 g/mol. The molecule has 4 nitrogen and oxygen atoms in total. The smallest absolute Gasteiger partial charge is 0.256 e. The zero-order valence-electron chi connectivity index (χ0n) is 16.8. The molecule has 0 bridgehead atoms. The molecule has 3 aromatic rings. The predicted molar refractivity (Wildman–Crippen MR) is 124 cm³/mol. The van der Waals surface area contributed by atoms with E-state index >= 15 is 0 Å². The van der Waals surface area contributed by atoms with Gasteiger partial charge in [-0.1, -0.05) is 29.8 Å². The minimum absolute atomic E-state index is 0.115. The summed E-state index contributed by atoms with van der Waals surface area (Å²) in [5.74, 6) is 0.774. The first kappa shape index (κ1) is 20.5. The molecule has 0 aliphatic carbocycles. The molecule has 6 heteroatoms. The number of aromatic nitrogens is 1. The molecular formula is C23H26ClN3OS. The van der Waals surface area contributed by atoms with Gasteiger partial charge in [0.05, 0.1) is 0 Å². The Hall–Kier alpha value is -1.79. The number of H-pyrrole nitrogens is 1. The van der Waals surface area contributed by atoms with Crippen LogP contribution in [0.4, 0.5) is 0 Å². The molecule has 1 aliphatic heterocycles. The van der Waals surface area contributed by atoms with Crippen LogP contribution in [0.3, 0.4) is 0 Å². The number of pyridine rings is 1. The van der Waals surface area contributed by atoms with Gasteiger partial charge in [-0.05, 0) is 93.8 Å². The maximum absolute atomic E-state index is 12.4. The Morgan fingerprint density at radius 2 is 1.86 bits per heavy atom. The fourth-order valence-electron chi connectivity index (χ4n) is 3.93. The van der Waals surface area contributed by atoms with E-state index in [0.717, 1.165) is 29.1 Å². The molecular weight excluding hydrogens is 402 g/mol. The molecule has 1 aromatic heterocycles. The Kier molecular flexibility index (Phi) is 6.30. The number of nitrogens with zero attached hydrogens (tertiary/aromatic N) is 2. The first-order valence-electron chi connectivity index (χ1n) is 9.99. The van der Waals surface area contributed by atoms with E-state index in [1.165, 1.54) is 30.8 Å². The summed E-state index contributed by atoms with van der Waals surface area (Å²) in [7, 11) is 4.37. The molecule has 0 atom stereocenters. The highest BCUT2D eigenvalue weighted by atomic mass is 35.5. The van der Waals surface area contributed by atoms with E-state index < -0.39 is 0 Å². The second-order valence-electron chi connectivity index (χ2n) is 7.89. The number of nitrogens with one attached hydrogen (secondary N) is 1. The van der Waals surface area contributed by atoms with E-state index in [1.54, 1.807) is 24.1 Å². The Morgan fingerprint density at radius 1 is 1.14 bits per heavy atom. The van der Waals surface area contributed by atoms with Crippen LogP contribution in [0.5, 0.6) is 0 Å². The van der Waals surface area contributed by atoms with Crippen molar-refractivity contribution in [3.8, 4) is 11.3 Å². The molecule has 0 saturated carbocycles. The van der Waals surface area contributed by atoms with Crippen molar-refractivity contribution in [3.63, 3.8) is 0 Å². The maximum atomic E-state index is 12.4. The molecule has 1 saturated heterocycles. The maximum Gasteiger partial charge on any atom is 0.256 e. The second-order valence-corrected chi connectivity index (χ2v) is 9.57. The molecule has 4 rings (SSSR count). The molecule has 29 heavy (non-hydrogen) atoms. The summed E-state index contributed by atoms with van der Waals surface area (Å²) in [6.07, 6.45) is 2.55. The Bertz CT molecular complexity index is 1040. The van der Waals surface area contributed by atoms with Crippen LogP contribution in [0.15, 0.2) is 58.2 Å². The van der Waals surface area contributed by atoms with E-state index in [4.69, 9.17) is 11.6 Å². The van der Waals surface area contributed by atoms with Crippen molar-refractivity contribution in [3.05, 3.63) is 63.9 Å². The first-order valence-corrected chi connectivity index (χ1v) is 11.1. The summed E-state index contributed by atoms with van der Waals surface area (Å²) < 4.78 is 2.34. The Morgan fingerprint density at radius 3 is 2.59 bits per heavy atom. The fraction of sp³-hybridized carbons (Fsp3) is 0.348. The van der Waals surface area contributed by atoms with Crippen molar-refractivity contribution >= 4 is 34.3 Å². The van der Waals surface area contributed by atoms with E-state index in [2.05, 4.69) is 52.5 Å². The van der Waals surface area contributed by atoms with Crippen LogP contribution >= 0.6 is 23.5 Å². The van der Waals surface area contributed by atoms with E-state index in [1.807, 2.05) is 12.1 Å². The summed E-state index contributed by atoms with van der Waals surface area (Å²) in [5.41, 5.74) is 1.65. The topological polar surface area (TPSA) is 39.3 Å². The molecule has 0 amide bonds. The minimum atomic E-state index is -0.115. The predicted octanol–water partition coefficient (Wildman–Crippen LogP) is 5.13. The lowest BCUT2D eigenvalue weighted by Gasteiger charge is -2.31. The van der Waals surface area contributed by atoms with Gasteiger partial charge in [-0.25, -0.2) is 4.31 Å². The zero-order chi connectivity index (χ0) is 20.4. The molecule has 0 spiro atoms. The van der Waals surface area contributed by atoms with Crippen LogP contribution in [-0.4, -0.2) is 47.9 Å². The molecule has 2 heterocycles. The normalized spacial score (nSPS) is 16.0. The average Bonchev–Trinajstić information content (AvgIpc) is 2.71. The summed E-state index contributed by atoms with van der Waals surface area (Å²) >= 11 is 8.07. The highest BCUT2D eigenvalue weighted by Gasteiger charge is 2.18. The highest BCUT2D eigenvalue weighted by Crippen LogP contribution is 2.29. The Balaban J connectivity index is 1.46. The third kappa shape index (κ3) is 4.86. The fourth-order valence-corrected chi connectivity index (χ4v) is 5.06. The standard InChI is InChI=1S/C23H26ClN3OS/c1-26-12-10-16(11-13-26)15-27(2)29-18-8-6-17(7-9-18)22-14-20-19(23(28)25-22)4-3-5-21(20)24/h3-9,14,16H,10-13,15H2,1-2H3,(H,25,28). The van der Waals surface area contributed by atoms with Gasteiger partial charge < -0.3 is 9.88 Å². The third-order valence-electron chi connectivity index (χ3n) is 5.61.